The molecule has 0 atom stereocenters. The van der Waals surface area contributed by atoms with Crippen LogP contribution in [0.5, 0.6) is 0 Å². The molecule has 110 valence electrons. The molecule has 2 rings (SSSR count). The molecule has 1 saturated carbocycles. The molecule has 3 nitrogen and oxygen atoms in total. The van der Waals surface area contributed by atoms with E-state index in [9.17, 15) is 0 Å². The first-order valence-corrected chi connectivity index (χ1v) is 7.41. The highest BCUT2D eigenvalue weighted by Crippen LogP contribution is 2.48. The number of hydrogen-bond acceptors (Lipinski definition) is 1. The fourth-order valence-electron chi connectivity index (χ4n) is 2.65. The number of guanidine groups is 1. The van der Waals surface area contributed by atoms with Crippen molar-refractivity contribution in [1.82, 2.24) is 10.6 Å². The molecule has 1 aliphatic carbocycles. The van der Waals surface area contributed by atoms with Gasteiger partial charge in [-0.25, -0.2) is 0 Å². The van der Waals surface area contributed by atoms with Crippen LogP contribution in [0.2, 0.25) is 0 Å². The van der Waals surface area contributed by atoms with Gasteiger partial charge in [0.1, 0.15) is 0 Å². The number of aliphatic imine (C=N–C) groups is 1. The van der Waals surface area contributed by atoms with Crippen LogP contribution in [0.4, 0.5) is 0 Å². The standard InChI is InChI=1S/C17H27N3/c1-13-8-6-7-9-14(13)17(10-11-17)12-19-15(18-5)20-16(2,3)4/h6-9H,10-12H2,1-5H3,(H2,18,19,20). The minimum atomic E-state index is 0.0290. The molecule has 0 bridgehead atoms. The van der Waals surface area contributed by atoms with Crippen LogP contribution in [-0.4, -0.2) is 25.1 Å². The molecule has 0 heterocycles. The van der Waals surface area contributed by atoms with Crippen molar-refractivity contribution < 1.29 is 0 Å². The van der Waals surface area contributed by atoms with E-state index in [1.807, 2.05) is 7.05 Å². The first kappa shape index (κ1) is 14.9. The van der Waals surface area contributed by atoms with Crippen LogP contribution in [0.1, 0.15) is 44.7 Å². The third kappa shape index (κ3) is 3.53. The fraction of sp³-hybridized carbons (Fsp3) is 0.588. The molecule has 1 aliphatic rings. The summed E-state index contributed by atoms with van der Waals surface area (Å²) < 4.78 is 0. The molecule has 2 N–H and O–H groups in total. The molecule has 20 heavy (non-hydrogen) atoms. The van der Waals surface area contributed by atoms with E-state index in [1.165, 1.54) is 24.0 Å². The van der Waals surface area contributed by atoms with Gasteiger partial charge in [-0.3, -0.25) is 4.99 Å². The van der Waals surface area contributed by atoms with Crippen molar-refractivity contribution in [3.8, 4) is 0 Å². The van der Waals surface area contributed by atoms with Gasteiger partial charge in [0, 0.05) is 24.5 Å². The number of rotatable bonds is 3. The Balaban J connectivity index is 2.02. The monoisotopic (exact) mass is 273 g/mol. The Bertz CT molecular complexity index is 493. The Labute approximate surface area is 122 Å². The summed E-state index contributed by atoms with van der Waals surface area (Å²) in [5, 5.41) is 6.90. The highest BCUT2D eigenvalue weighted by molar-refractivity contribution is 5.80. The van der Waals surface area contributed by atoms with Gasteiger partial charge in [-0.05, 0) is 51.7 Å². The van der Waals surface area contributed by atoms with Crippen molar-refractivity contribution in [2.24, 2.45) is 4.99 Å². The van der Waals surface area contributed by atoms with Gasteiger partial charge in [0.05, 0.1) is 0 Å². The van der Waals surface area contributed by atoms with Gasteiger partial charge < -0.3 is 10.6 Å². The second kappa shape index (κ2) is 5.47. The van der Waals surface area contributed by atoms with Crippen LogP contribution in [-0.2, 0) is 5.41 Å². The number of nitrogens with zero attached hydrogens (tertiary/aromatic N) is 1. The van der Waals surface area contributed by atoms with Crippen molar-refractivity contribution >= 4 is 5.96 Å². The van der Waals surface area contributed by atoms with Crippen LogP contribution in [0.15, 0.2) is 29.3 Å². The summed E-state index contributed by atoms with van der Waals surface area (Å²) >= 11 is 0. The van der Waals surface area contributed by atoms with Crippen LogP contribution in [0.25, 0.3) is 0 Å². The number of hydrogen-bond donors (Lipinski definition) is 2. The Kier molecular flexibility index (Phi) is 4.07. The minimum Gasteiger partial charge on any atom is -0.356 e. The Hall–Kier alpha value is -1.51. The molecular formula is C17H27N3. The highest BCUT2D eigenvalue weighted by atomic mass is 15.2. The van der Waals surface area contributed by atoms with Crippen molar-refractivity contribution in [2.45, 2.75) is 51.5 Å². The van der Waals surface area contributed by atoms with E-state index in [0.29, 0.717) is 5.41 Å². The Morgan fingerprint density at radius 2 is 1.90 bits per heavy atom. The van der Waals surface area contributed by atoms with Crippen molar-refractivity contribution in [2.75, 3.05) is 13.6 Å². The molecular weight excluding hydrogens is 246 g/mol. The summed E-state index contributed by atoms with van der Waals surface area (Å²) in [5.41, 5.74) is 3.21. The maximum atomic E-state index is 4.31. The second-order valence-corrected chi connectivity index (χ2v) is 6.90. The molecule has 0 saturated heterocycles. The zero-order valence-corrected chi connectivity index (χ0v) is 13.4. The lowest BCUT2D eigenvalue weighted by Gasteiger charge is -2.26. The zero-order chi connectivity index (χ0) is 14.8. The molecule has 0 unspecified atom stereocenters. The molecule has 1 aromatic rings. The summed E-state index contributed by atoms with van der Waals surface area (Å²) in [6.07, 6.45) is 2.52. The van der Waals surface area contributed by atoms with E-state index in [0.717, 1.165) is 12.5 Å². The maximum Gasteiger partial charge on any atom is 0.191 e. The lowest BCUT2D eigenvalue weighted by molar-refractivity contribution is 0.497. The van der Waals surface area contributed by atoms with Gasteiger partial charge in [0.2, 0.25) is 0 Å². The van der Waals surface area contributed by atoms with Crippen molar-refractivity contribution in [1.29, 1.82) is 0 Å². The van der Waals surface area contributed by atoms with Gasteiger partial charge >= 0.3 is 0 Å². The summed E-state index contributed by atoms with van der Waals surface area (Å²) in [6, 6.07) is 8.73. The first-order chi connectivity index (χ1) is 9.36. The van der Waals surface area contributed by atoms with Gasteiger partial charge in [0.25, 0.3) is 0 Å². The van der Waals surface area contributed by atoms with E-state index in [4.69, 9.17) is 0 Å². The summed E-state index contributed by atoms with van der Waals surface area (Å²) in [5.74, 6) is 0.886. The quantitative estimate of drug-likeness (QED) is 0.656. The van der Waals surface area contributed by atoms with Crippen LogP contribution < -0.4 is 10.6 Å². The predicted molar refractivity (Wildman–Crippen MR) is 86.3 cm³/mol. The lowest BCUT2D eigenvalue weighted by atomic mass is 9.92. The fourth-order valence-corrected chi connectivity index (χ4v) is 2.65. The number of benzene rings is 1. The molecule has 0 radical (unpaired) electrons. The lowest BCUT2D eigenvalue weighted by Crippen LogP contribution is -2.49. The average Bonchev–Trinajstić information content (AvgIpc) is 3.15. The summed E-state index contributed by atoms with van der Waals surface area (Å²) in [7, 11) is 1.83. The number of nitrogens with one attached hydrogen (secondary N) is 2. The summed E-state index contributed by atoms with van der Waals surface area (Å²) in [4.78, 5) is 4.31. The average molecular weight is 273 g/mol. The SMILES string of the molecule is CN=C(NCC1(c2ccccc2C)CC1)NC(C)(C)C. The topological polar surface area (TPSA) is 36.4 Å². The van der Waals surface area contributed by atoms with E-state index < -0.39 is 0 Å². The van der Waals surface area contributed by atoms with E-state index in [2.05, 4.69) is 67.6 Å². The molecule has 1 aromatic carbocycles. The van der Waals surface area contributed by atoms with E-state index in [1.54, 1.807) is 0 Å². The van der Waals surface area contributed by atoms with E-state index >= 15 is 0 Å². The zero-order valence-electron chi connectivity index (χ0n) is 13.4. The molecule has 0 spiro atoms. The van der Waals surface area contributed by atoms with Gasteiger partial charge in [-0.1, -0.05) is 24.3 Å². The van der Waals surface area contributed by atoms with Crippen LogP contribution in [0.3, 0.4) is 0 Å². The van der Waals surface area contributed by atoms with Gasteiger partial charge in [-0.2, -0.15) is 0 Å². The predicted octanol–water partition coefficient (Wildman–Crippen LogP) is 2.99. The molecule has 0 amide bonds. The smallest absolute Gasteiger partial charge is 0.191 e. The highest BCUT2D eigenvalue weighted by Gasteiger charge is 2.44. The van der Waals surface area contributed by atoms with Gasteiger partial charge in [-0.15, -0.1) is 0 Å². The van der Waals surface area contributed by atoms with Gasteiger partial charge in [0.15, 0.2) is 5.96 Å². The van der Waals surface area contributed by atoms with Crippen molar-refractivity contribution in [3.63, 3.8) is 0 Å². The Morgan fingerprint density at radius 1 is 1.25 bits per heavy atom. The first-order valence-electron chi connectivity index (χ1n) is 7.41. The third-order valence-corrected chi connectivity index (χ3v) is 3.88. The number of aryl methyl sites for hydroxylation is 1. The molecule has 0 aliphatic heterocycles. The normalized spacial score (nSPS) is 17.8. The second-order valence-electron chi connectivity index (χ2n) is 6.90. The van der Waals surface area contributed by atoms with Crippen LogP contribution >= 0.6 is 0 Å². The Morgan fingerprint density at radius 3 is 2.40 bits per heavy atom. The molecule has 1 fully saturated rings. The maximum absolute atomic E-state index is 4.31. The third-order valence-electron chi connectivity index (χ3n) is 3.88. The minimum absolute atomic E-state index is 0.0290. The summed E-state index contributed by atoms with van der Waals surface area (Å²) in [6.45, 7) is 9.60. The molecule has 0 aromatic heterocycles. The molecule has 3 heteroatoms. The van der Waals surface area contributed by atoms with Crippen LogP contribution in [0, 0.1) is 6.92 Å². The van der Waals surface area contributed by atoms with E-state index in [-0.39, 0.29) is 5.54 Å². The largest absolute Gasteiger partial charge is 0.356 e. The van der Waals surface area contributed by atoms with Crippen molar-refractivity contribution in [3.05, 3.63) is 35.4 Å².